The Bertz CT molecular complexity index is 270. The largest absolute Gasteiger partial charge is 0.300 e. The summed E-state index contributed by atoms with van der Waals surface area (Å²) in [5.74, 6) is 1.76. The van der Waals surface area contributed by atoms with Gasteiger partial charge >= 0.3 is 0 Å². The van der Waals surface area contributed by atoms with E-state index in [0.29, 0.717) is 23.8 Å². The van der Waals surface area contributed by atoms with Crippen molar-refractivity contribution in [3.63, 3.8) is 0 Å². The third-order valence-electron chi connectivity index (χ3n) is 5.27. The van der Waals surface area contributed by atoms with E-state index in [1.807, 2.05) is 0 Å². The van der Waals surface area contributed by atoms with Crippen LogP contribution in [0.2, 0.25) is 0 Å². The molecule has 0 radical (unpaired) electrons. The second kappa shape index (κ2) is 4.14. The molecule has 0 N–H and O–H groups in total. The normalized spacial score (nSPS) is 39.7. The zero-order valence-electron chi connectivity index (χ0n) is 10.3. The van der Waals surface area contributed by atoms with Gasteiger partial charge in [-0.25, -0.2) is 0 Å². The lowest BCUT2D eigenvalue weighted by Crippen LogP contribution is -2.42. The Labute approximate surface area is 98.4 Å². The Hall–Kier alpha value is -0.370. The number of carbonyl (C=O) groups is 1. The fourth-order valence-electron chi connectivity index (χ4n) is 3.82. The molecule has 0 amide bonds. The SMILES string of the molecule is CN1C2CCC1CC(C(=O)CC1CCC1)C2. The first kappa shape index (κ1) is 10.8. The maximum atomic E-state index is 12.2. The lowest BCUT2D eigenvalue weighted by Gasteiger charge is -2.36. The summed E-state index contributed by atoms with van der Waals surface area (Å²) in [5.41, 5.74) is 0. The van der Waals surface area contributed by atoms with E-state index >= 15 is 0 Å². The van der Waals surface area contributed by atoms with E-state index in [0.717, 1.165) is 25.2 Å². The third kappa shape index (κ3) is 1.81. The van der Waals surface area contributed by atoms with Gasteiger partial charge in [0.15, 0.2) is 0 Å². The average molecular weight is 221 g/mol. The molecule has 3 rings (SSSR count). The van der Waals surface area contributed by atoms with Crippen molar-refractivity contribution < 1.29 is 4.79 Å². The molecule has 1 saturated carbocycles. The van der Waals surface area contributed by atoms with Gasteiger partial charge < -0.3 is 4.90 Å². The van der Waals surface area contributed by atoms with Gasteiger partial charge in [-0.15, -0.1) is 0 Å². The summed E-state index contributed by atoms with van der Waals surface area (Å²) in [6, 6.07) is 1.43. The zero-order chi connectivity index (χ0) is 11.1. The van der Waals surface area contributed by atoms with Crippen molar-refractivity contribution >= 4 is 5.78 Å². The number of fused-ring (bicyclic) bond motifs is 2. The van der Waals surface area contributed by atoms with Gasteiger partial charge in [-0.05, 0) is 38.6 Å². The van der Waals surface area contributed by atoms with Crippen molar-refractivity contribution in [2.75, 3.05) is 7.05 Å². The molecule has 2 atom stereocenters. The van der Waals surface area contributed by atoms with Crippen LogP contribution in [-0.2, 0) is 4.79 Å². The maximum absolute atomic E-state index is 12.2. The van der Waals surface area contributed by atoms with E-state index in [1.54, 1.807) is 0 Å². The van der Waals surface area contributed by atoms with Crippen molar-refractivity contribution in [3.05, 3.63) is 0 Å². The van der Waals surface area contributed by atoms with Crippen LogP contribution in [-0.4, -0.2) is 29.8 Å². The summed E-state index contributed by atoms with van der Waals surface area (Å²) in [4.78, 5) is 14.7. The highest BCUT2D eigenvalue weighted by molar-refractivity contribution is 5.81. The first-order valence-corrected chi connectivity index (χ1v) is 6.98. The van der Waals surface area contributed by atoms with Crippen molar-refractivity contribution in [2.45, 2.75) is 63.5 Å². The molecule has 2 nitrogen and oxygen atoms in total. The number of hydrogen-bond donors (Lipinski definition) is 0. The van der Waals surface area contributed by atoms with Crippen LogP contribution in [0.3, 0.4) is 0 Å². The molecule has 2 bridgehead atoms. The van der Waals surface area contributed by atoms with Gasteiger partial charge in [0.25, 0.3) is 0 Å². The number of hydrogen-bond acceptors (Lipinski definition) is 2. The lowest BCUT2D eigenvalue weighted by atomic mass is 9.77. The van der Waals surface area contributed by atoms with Crippen LogP contribution < -0.4 is 0 Å². The van der Waals surface area contributed by atoms with E-state index in [1.165, 1.54) is 32.1 Å². The van der Waals surface area contributed by atoms with Crippen molar-refractivity contribution in [1.82, 2.24) is 4.90 Å². The molecule has 2 saturated heterocycles. The second-order valence-corrected chi connectivity index (χ2v) is 6.19. The molecule has 2 aliphatic heterocycles. The molecule has 90 valence electrons. The van der Waals surface area contributed by atoms with Crippen LogP contribution >= 0.6 is 0 Å². The number of Topliss-reactive ketones (excluding diaryl/α,β-unsaturated/α-hetero) is 1. The van der Waals surface area contributed by atoms with Gasteiger partial charge in [-0.1, -0.05) is 19.3 Å². The first-order chi connectivity index (χ1) is 7.74. The molecular formula is C14H23NO. The summed E-state index contributed by atoms with van der Waals surface area (Å²) in [7, 11) is 2.24. The van der Waals surface area contributed by atoms with Crippen LogP contribution in [0.1, 0.15) is 51.4 Å². The lowest BCUT2D eigenvalue weighted by molar-refractivity contribution is -0.126. The van der Waals surface area contributed by atoms with E-state index in [-0.39, 0.29) is 0 Å². The summed E-state index contributed by atoms with van der Waals surface area (Å²) in [6.45, 7) is 0. The molecule has 0 spiro atoms. The molecule has 2 unspecified atom stereocenters. The molecule has 2 heteroatoms. The molecule has 0 aromatic rings. The maximum Gasteiger partial charge on any atom is 0.136 e. The Balaban J connectivity index is 1.57. The molecule has 0 aromatic heterocycles. The number of rotatable bonds is 3. The van der Waals surface area contributed by atoms with E-state index in [2.05, 4.69) is 11.9 Å². The summed E-state index contributed by atoms with van der Waals surface area (Å²) < 4.78 is 0. The van der Waals surface area contributed by atoms with Crippen molar-refractivity contribution in [3.8, 4) is 0 Å². The fourth-order valence-corrected chi connectivity index (χ4v) is 3.82. The highest BCUT2D eigenvalue weighted by atomic mass is 16.1. The number of nitrogens with zero attached hydrogens (tertiary/aromatic N) is 1. The average Bonchev–Trinajstić information content (AvgIpc) is 2.48. The van der Waals surface area contributed by atoms with E-state index in [4.69, 9.17) is 0 Å². The molecular weight excluding hydrogens is 198 g/mol. The minimum absolute atomic E-state index is 0.411. The predicted molar refractivity (Wildman–Crippen MR) is 64.3 cm³/mol. The standard InChI is InChI=1S/C14H23NO/c1-15-12-5-6-13(15)9-11(8-12)14(16)7-10-3-2-4-10/h10-13H,2-9H2,1H3. The van der Waals surface area contributed by atoms with Crippen LogP contribution in [0.5, 0.6) is 0 Å². The summed E-state index contributed by atoms with van der Waals surface area (Å²) in [5, 5.41) is 0. The number of ketones is 1. The van der Waals surface area contributed by atoms with Crippen LogP contribution in [0, 0.1) is 11.8 Å². The molecule has 3 fully saturated rings. The Morgan fingerprint density at radius 3 is 2.25 bits per heavy atom. The van der Waals surface area contributed by atoms with Gasteiger partial charge in [-0.3, -0.25) is 4.79 Å². The molecule has 1 aliphatic carbocycles. The van der Waals surface area contributed by atoms with E-state index in [9.17, 15) is 4.79 Å². The first-order valence-electron chi connectivity index (χ1n) is 6.98. The van der Waals surface area contributed by atoms with Gasteiger partial charge in [0.2, 0.25) is 0 Å². The van der Waals surface area contributed by atoms with Gasteiger partial charge in [0.1, 0.15) is 5.78 Å². The van der Waals surface area contributed by atoms with Crippen LogP contribution in [0.4, 0.5) is 0 Å². The minimum Gasteiger partial charge on any atom is -0.300 e. The number of carbonyl (C=O) groups excluding carboxylic acids is 1. The smallest absolute Gasteiger partial charge is 0.136 e. The quantitative estimate of drug-likeness (QED) is 0.730. The minimum atomic E-state index is 0.411. The Kier molecular flexibility index (Phi) is 2.78. The molecule has 3 aliphatic rings. The summed E-state index contributed by atoms with van der Waals surface area (Å²) >= 11 is 0. The van der Waals surface area contributed by atoms with Crippen molar-refractivity contribution in [1.29, 1.82) is 0 Å². The van der Waals surface area contributed by atoms with Gasteiger partial charge in [0.05, 0.1) is 0 Å². The molecule has 0 aromatic carbocycles. The fraction of sp³-hybridized carbons (Fsp3) is 0.929. The van der Waals surface area contributed by atoms with Gasteiger partial charge in [-0.2, -0.15) is 0 Å². The van der Waals surface area contributed by atoms with Crippen molar-refractivity contribution in [2.24, 2.45) is 11.8 Å². The topological polar surface area (TPSA) is 20.3 Å². The van der Waals surface area contributed by atoms with Crippen LogP contribution in [0.25, 0.3) is 0 Å². The van der Waals surface area contributed by atoms with E-state index < -0.39 is 0 Å². The molecule has 2 heterocycles. The highest BCUT2D eigenvalue weighted by Gasteiger charge is 2.41. The Morgan fingerprint density at radius 2 is 1.75 bits per heavy atom. The predicted octanol–water partition coefficient (Wildman–Crippen LogP) is 2.62. The van der Waals surface area contributed by atoms with Crippen LogP contribution in [0.15, 0.2) is 0 Å². The molecule has 16 heavy (non-hydrogen) atoms. The summed E-state index contributed by atoms with van der Waals surface area (Å²) in [6.07, 6.45) is 9.83. The monoisotopic (exact) mass is 221 g/mol. The highest BCUT2D eigenvalue weighted by Crippen LogP contribution is 2.39. The van der Waals surface area contributed by atoms with Gasteiger partial charge in [0, 0.05) is 24.4 Å². The number of piperidine rings is 1. The Morgan fingerprint density at radius 1 is 1.12 bits per heavy atom. The second-order valence-electron chi connectivity index (χ2n) is 6.19. The third-order valence-corrected chi connectivity index (χ3v) is 5.27. The zero-order valence-corrected chi connectivity index (χ0v) is 10.3.